The van der Waals surface area contributed by atoms with Crippen LogP contribution in [0.1, 0.15) is 35.2 Å². The summed E-state index contributed by atoms with van der Waals surface area (Å²) in [6.07, 6.45) is 1.77. The normalized spacial score (nSPS) is 10.9. The summed E-state index contributed by atoms with van der Waals surface area (Å²) in [6, 6.07) is 14.2. The van der Waals surface area contributed by atoms with Crippen LogP contribution in [0, 0.1) is 13.8 Å². The number of carbonyl (C=O) groups excluding carboxylic acids is 1. The number of amides is 1. The Labute approximate surface area is 201 Å². The number of nitrogens with zero attached hydrogens (tertiary/aromatic N) is 3. The third kappa shape index (κ3) is 5.79. The molecule has 1 N–H and O–H groups in total. The molecule has 0 aliphatic rings. The summed E-state index contributed by atoms with van der Waals surface area (Å²) < 4.78 is 12.7. The van der Waals surface area contributed by atoms with Gasteiger partial charge in [0.1, 0.15) is 23.1 Å². The standard InChI is InChI=1S/C25H26N4O4S/c1-4-6-23-28-29-24(31)13-19(27-25(29)34-23)14-32-20-8-5-7-18(12-20)26-22(30)15-33-21-10-9-16(2)17(3)11-21/h5,7-13H,4,6,14-15H2,1-3H3,(H,26,30). The molecule has 2 aromatic carbocycles. The average molecular weight is 479 g/mol. The maximum Gasteiger partial charge on any atom is 0.275 e. The van der Waals surface area contributed by atoms with Crippen LogP contribution in [0.15, 0.2) is 53.3 Å². The van der Waals surface area contributed by atoms with Crippen LogP contribution in [0.3, 0.4) is 0 Å². The molecule has 8 nitrogen and oxygen atoms in total. The van der Waals surface area contributed by atoms with E-state index in [0.29, 0.717) is 27.8 Å². The summed E-state index contributed by atoms with van der Waals surface area (Å²) >= 11 is 1.41. The lowest BCUT2D eigenvalue weighted by molar-refractivity contribution is -0.118. The highest BCUT2D eigenvalue weighted by Gasteiger charge is 2.10. The molecule has 0 saturated carbocycles. The molecule has 0 spiro atoms. The van der Waals surface area contributed by atoms with Gasteiger partial charge in [-0.15, -0.1) is 0 Å². The minimum absolute atomic E-state index is 0.101. The highest BCUT2D eigenvalue weighted by atomic mass is 32.1. The van der Waals surface area contributed by atoms with Crippen molar-refractivity contribution in [3.05, 3.63) is 80.7 Å². The zero-order valence-corrected chi connectivity index (χ0v) is 20.1. The molecule has 9 heteroatoms. The van der Waals surface area contributed by atoms with Gasteiger partial charge in [-0.05, 0) is 55.7 Å². The molecule has 0 unspecified atom stereocenters. The summed E-state index contributed by atoms with van der Waals surface area (Å²) in [5.41, 5.74) is 3.15. The Kier molecular flexibility index (Phi) is 7.22. The molecule has 0 radical (unpaired) electrons. The van der Waals surface area contributed by atoms with Crippen LogP contribution >= 0.6 is 11.3 Å². The van der Waals surface area contributed by atoms with Crippen molar-refractivity contribution in [2.45, 2.75) is 40.2 Å². The number of carbonyl (C=O) groups is 1. The van der Waals surface area contributed by atoms with Crippen LogP contribution < -0.4 is 20.3 Å². The van der Waals surface area contributed by atoms with Crippen molar-refractivity contribution in [1.82, 2.24) is 14.6 Å². The molecule has 0 fully saturated rings. The van der Waals surface area contributed by atoms with Crippen LogP contribution in [-0.2, 0) is 17.8 Å². The lowest BCUT2D eigenvalue weighted by Gasteiger charge is -2.10. The zero-order valence-electron chi connectivity index (χ0n) is 19.3. The number of rotatable bonds is 9. The molecular formula is C25H26N4O4S. The topological polar surface area (TPSA) is 94.8 Å². The van der Waals surface area contributed by atoms with Crippen molar-refractivity contribution < 1.29 is 14.3 Å². The smallest absolute Gasteiger partial charge is 0.275 e. The minimum atomic E-state index is -0.274. The van der Waals surface area contributed by atoms with Crippen LogP contribution in [0.4, 0.5) is 5.69 Å². The molecular weight excluding hydrogens is 452 g/mol. The molecule has 0 bridgehead atoms. The fourth-order valence-corrected chi connectivity index (χ4v) is 4.27. The van der Waals surface area contributed by atoms with Gasteiger partial charge in [0.15, 0.2) is 6.61 Å². The Morgan fingerprint density at radius 3 is 2.68 bits per heavy atom. The van der Waals surface area contributed by atoms with Crippen LogP contribution in [-0.4, -0.2) is 27.1 Å². The molecule has 0 atom stereocenters. The van der Waals surface area contributed by atoms with E-state index >= 15 is 0 Å². The second kappa shape index (κ2) is 10.5. The van der Waals surface area contributed by atoms with Crippen molar-refractivity contribution in [2.75, 3.05) is 11.9 Å². The Bertz CT molecular complexity index is 1380. The maximum absolute atomic E-state index is 12.4. The molecule has 2 aromatic heterocycles. The third-order valence-corrected chi connectivity index (χ3v) is 6.12. The molecule has 0 aliphatic carbocycles. The van der Waals surface area contributed by atoms with Gasteiger partial charge >= 0.3 is 0 Å². The SMILES string of the molecule is CCCc1nn2c(=O)cc(COc3cccc(NC(=O)COc4ccc(C)c(C)c4)c3)nc2s1. The number of aryl methyl sites for hydroxylation is 3. The first-order valence-corrected chi connectivity index (χ1v) is 11.8. The first-order chi connectivity index (χ1) is 16.4. The van der Waals surface area contributed by atoms with Crippen LogP contribution in [0.2, 0.25) is 0 Å². The van der Waals surface area contributed by atoms with Crippen molar-refractivity contribution in [2.24, 2.45) is 0 Å². The lowest BCUT2D eigenvalue weighted by atomic mass is 10.1. The minimum Gasteiger partial charge on any atom is -0.487 e. The number of fused-ring (bicyclic) bond motifs is 1. The van der Waals surface area contributed by atoms with Crippen molar-refractivity contribution in [3.63, 3.8) is 0 Å². The number of anilines is 1. The quantitative estimate of drug-likeness (QED) is 0.385. The van der Waals surface area contributed by atoms with E-state index < -0.39 is 0 Å². The Morgan fingerprint density at radius 1 is 1.06 bits per heavy atom. The fourth-order valence-electron chi connectivity index (χ4n) is 3.26. The number of hydrogen-bond acceptors (Lipinski definition) is 7. The lowest BCUT2D eigenvalue weighted by Crippen LogP contribution is -2.20. The number of hydrogen-bond donors (Lipinski definition) is 1. The summed E-state index contributed by atoms with van der Waals surface area (Å²) in [5, 5.41) is 8.00. The first-order valence-electron chi connectivity index (χ1n) is 11.0. The van der Waals surface area contributed by atoms with Gasteiger partial charge in [0.25, 0.3) is 11.5 Å². The van der Waals surface area contributed by atoms with Gasteiger partial charge in [0.2, 0.25) is 4.96 Å². The van der Waals surface area contributed by atoms with Gasteiger partial charge in [-0.25, -0.2) is 4.98 Å². The molecule has 4 rings (SSSR count). The second-order valence-electron chi connectivity index (χ2n) is 7.93. The third-order valence-electron chi connectivity index (χ3n) is 5.16. The van der Waals surface area contributed by atoms with E-state index in [4.69, 9.17) is 9.47 Å². The first kappa shape index (κ1) is 23.4. The molecule has 34 heavy (non-hydrogen) atoms. The molecule has 0 aliphatic heterocycles. The van der Waals surface area contributed by atoms with E-state index in [2.05, 4.69) is 22.3 Å². The van der Waals surface area contributed by atoms with Crippen molar-refractivity contribution in [1.29, 1.82) is 0 Å². The largest absolute Gasteiger partial charge is 0.487 e. The Balaban J connectivity index is 1.35. The highest BCUT2D eigenvalue weighted by Crippen LogP contribution is 2.20. The molecule has 0 saturated heterocycles. The average Bonchev–Trinajstić information content (AvgIpc) is 3.22. The van der Waals surface area contributed by atoms with Crippen molar-refractivity contribution in [3.8, 4) is 11.5 Å². The van der Waals surface area contributed by atoms with Crippen molar-refractivity contribution >= 4 is 27.9 Å². The Hall–Kier alpha value is -3.72. The summed E-state index contributed by atoms with van der Waals surface area (Å²) in [6.45, 7) is 6.11. The molecule has 1 amide bonds. The van der Waals surface area contributed by atoms with Gasteiger partial charge in [-0.1, -0.05) is 30.4 Å². The van der Waals surface area contributed by atoms with Gasteiger partial charge < -0.3 is 14.8 Å². The van der Waals surface area contributed by atoms with Crippen LogP contribution in [0.5, 0.6) is 11.5 Å². The number of benzene rings is 2. The number of nitrogens with one attached hydrogen (secondary N) is 1. The van der Waals surface area contributed by atoms with Gasteiger partial charge in [-0.2, -0.15) is 9.61 Å². The summed E-state index contributed by atoms with van der Waals surface area (Å²) in [4.78, 5) is 29.7. The van der Waals surface area contributed by atoms with E-state index in [1.807, 2.05) is 32.0 Å². The molecule has 4 aromatic rings. The summed E-state index contributed by atoms with van der Waals surface area (Å²) in [5.74, 6) is 0.924. The van der Waals surface area contributed by atoms with E-state index in [9.17, 15) is 9.59 Å². The monoisotopic (exact) mass is 478 g/mol. The van der Waals surface area contributed by atoms with E-state index in [0.717, 1.165) is 23.4 Å². The Morgan fingerprint density at radius 2 is 1.88 bits per heavy atom. The summed E-state index contributed by atoms with van der Waals surface area (Å²) in [7, 11) is 0. The fraction of sp³-hybridized carbons (Fsp3) is 0.280. The number of aromatic nitrogens is 3. The maximum atomic E-state index is 12.4. The molecule has 176 valence electrons. The highest BCUT2D eigenvalue weighted by molar-refractivity contribution is 7.16. The van der Waals surface area contributed by atoms with E-state index in [1.54, 1.807) is 24.3 Å². The van der Waals surface area contributed by atoms with Gasteiger partial charge in [0.05, 0.1) is 5.69 Å². The predicted octanol–water partition coefficient (Wildman–Crippen LogP) is 4.32. The number of ether oxygens (including phenoxy) is 2. The predicted molar refractivity (Wildman–Crippen MR) is 132 cm³/mol. The van der Waals surface area contributed by atoms with Gasteiger partial charge in [0, 0.05) is 24.2 Å². The van der Waals surface area contributed by atoms with E-state index in [1.165, 1.54) is 27.5 Å². The second-order valence-corrected chi connectivity index (χ2v) is 8.97. The van der Waals surface area contributed by atoms with Gasteiger partial charge in [-0.3, -0.25) is 9.59 Å². The van der Waals surface area contributed by atoms with Crippen LogP contribution in [0.25, 0.3) is 4.96 Å². The van der Waals surface area contributed by atoms with E-state index in [-0.39, 0.29) is 24.7 Å². The zero-order chi connectivity index (χ0) is 24.1. The molecule has 2 heterocycles.